The summed E-state index contributed by atoms with van der Waals surface area (Å²) in [4.78, 5) is 43.0. The summed E-state index contributed by atoms with van der Waals surface area (Å²) in [5.41, 5.74) is 0.620. The Morgan fingerprint density at radius 1 is 1.09 bits per heavy atom. The number of carboxylic acids is 1. The number of nitrogens with zero attached hydrogens (tertiary/aromatic N) is 3. The smallest absolute Gasteiger partial charge is 0.475 e. The number of carbonyl (C=O) groups excluding carboxylic acids is 2. The number of thiophene rings is 1. The number of carbonyl (C=O) groups is 3. The molecule has 3 amide bonds. The van der Waals surface area contributed by atoms with Crippen LogP contribution in [0, 0.1) is 0 Å². The number of hydrogen-bond donors (Lipinski definition) is 1. The van der Waals surface area contributed by atoms with Crippen molar-refractivity contribution >= 4 is 46.7 Å². The average Bonchev–Trinajstić information content (AvgIpc) is 3.37. The van der Waals surface area contributed by atoms with Gasteiger partial charge in [-0.05, 0) is 67.3 Å². The number of amides is 3. The Bertz CT molecular complexity index is 1180. The maximum atomic E-state index is 13.1. The number of benzene rings is 1. The van der Waals surface area contributed by atoms with Gasteiger partial charge in [-0.15, -0.1) is 11.3 Å². The van der Waals surface area contributed by atoms with Crippen LogP contribution in [0.3, 0.4) is 0 Å². The molecular weight excluding hydrogens is 503 g/mol. The molecule has 0 unspecified atom stereocenters. The molecule has 1 aromatic carbocycles. The highest BCUT2D eigenvalue weighted by molar-refractivity contribution is 8.01. The Morgan fingerprint density at radius 2 is 1.69 bits per heavy atom. The molecule has 3 heterocycles. The monoisotopic (exact) mass is 523 g/mol. The van der Waals surface area contributed by atoms with Gasteiger partial charge in [0, 0.05) is 23.8 Å². The number of rotatable bonds is 5. The van der Waals surface area contributed by atoms with Gasteiger partial charge in [0.05, 0.1) is 9.90 Å². The maximum Gasteiger partial charge on any atom is 0.490 e. The number of carboxylic acid groups (broad SMARTS) is 1. The lowest BCUT2D eigenvalue weighted by Crippen LogP contribution is -2.43. The summed E-state index contributed by atoms with van der Waals surface area (Å²) in [7, 11) is 0. The molecule has 0 atom stereocenters. The molecule has 2 aromatic heterocycles. The number of alkyl halides is 3. The lowest BCUT2D eigenvalue weighted by atomic mass is 10.0. The second-order valence-electron chi connectivity index (χ2n) is 7.75. The number of aromatic nitrogens is 1. The molecule has 3 aromatic rings. The zero-order chi connectivity index (χ0) is 25.8. The molecule has 0 spiro atoms. The number of anilines is 1. The van der Waals surface area contributed by atoms with E-state index >= 15 is 0 Å². The topological polar surface area (TPSA) is 90.8 Å². The number of pyridine rings is 1. The van der Waals surface area contributed by atoms with E-state index in [2.05, 4.69) is 11.1 Å². The fourth-order valence-corrected chi connectivity index (χ4v) is 4.85. The molecule has 184 valence electrons. The third kappa shape index (κ3) is 6.20. The first-order chi connectivity index (χ1) is 16.4. The summed E-state index contributed by atoms with van der Waals surface area (Å²) in [6, 6.07) is 15.0. The molecule has 0 saturated carbocycles. The van der Waals surface area contributed by atoms with Crippen molar-refractivity contribution in [3.05, 3.63) is 71.9 Å². The molecule has 1 saturated heterocycles. The zero-order valence-corrected chi connectivity index (χ0v) is 20.2. The van der Waals surface area contributed by atoms with E-state index in [-0.39, 0.29) is 11.9 Å². The van der Waals surface area contributed by atoms with Crippen molar-refractivity contribution in [2.45, 2.75) is 41.2 Å². The van der Waals surface area contributed by atoms with Crippen LogP contribution in [-0.4, -0.2) is 44.6 Å². The van der Waals surface area contributed by atoms with Gasteiger partial charge < -0.3 is 10.0 Å². The number of urea groups is 1. The Hall–Kier alpha value is -3.38. The van der Waals surface area contributed by atoms with Crippen LogP contribution in [0.5, 0.6) is 0 Å². The van der Waals surface area contributed by atoms with Crippen molar-refractivity contribution in [2.24, 2.45) is 0 Å². The summed E-state index contributed by atoms with van der Waals surface area (Å²) in [6.07, 6.45) is -1.71. The fourth-order valence-electron chi connectivity index (χ4n) is 3.10. The Labute approximate surface area is 207 Å². The number of halogens is 3. The summed E-state index contributed by atoms with van der Waals surface area (Å²) in [6.45, 7) is 3.94. The first-order valence-electron chi connectivity index (χ1n) is 10.1. The van der Waals surface area contributed by atoms with Crippen molar-refractivity contribution in [3.8, 4) is 0 Å². The normalized spacial score (nSPS) is 15.1. The third-order valence-corrected chi connectivity index (χ3v) is 7.01. The molecule has 4 rings (SSSR count). The van der Waals surface area contributed by atoms with Crippen LogP contribution in [0.2, 0.25) is 0 Å². The fraction of sp³-hybridized carbons (Fsp3) is 0.217. The minimum absolute atomic E-state index is 0.217. The van der Waals surface area contributed by atoms with E-state index in [1.165, 1.54) is 9.11 Å². The molecule has 0 bridgehead atoms. The van der Waals surface area contributed by atoms with Crippen LogP contribution in [0.25, 0.3) is 0 Å². The summed E-state index contributed by atoms with van der Waals surface area (Å²) >= 11 is 3.35. The van der Waals surface area contributed by atoms with E-state index in [9.17, 15) is 22.8 Å². The van der Waals surface area contributed by atoms with Crippen LogP contribution in [0.15, 0.2) is 75.4 Å². The first-order valence-corrected chi connectivity index (χ1v) is 11.8. The minimum atomic E-state index is -5.08. The molecule has 0 aliphatic carbocycles. The lowest BCUT2D eigenvalue weighted by molar-refractivity contribution is -0.192. The molecule has 1 aliphatic rings. The zero-order valence-electron chi connectivity index (χ0n) is 18.5. The highest BCUT2D eigenvalue weighted by Crippen LogP contribution is 2.36. The lowest BCUT2D eigenvalue weighted by Gasteiger charge is -2.27. The van der Waals surface area contributed by atoms with Crippen LogP contribution >= 0.6 is 23.1 Å². The predicted octanol–water partition coefficient (Wildman–Crippen LogP) is 5.68. The van der Waals surface area contributed by atoms with Gasteiger partial charge in [-0.2, -0.15) is 13.2 Å². The second kappa shape index (κ2) is 10.5. The van der Waals surface area contributed by atoms with E-state index < -0.39 is 17.7 Å². The van der Waals surface area contributed by atoms with Gasteiger partial charge in [-0.1, -0.05) is 17.8 Å². The number of hydrogen-bond acceptors (Lipinski definition) is 6. The van der Waals surface area contributed by atoms with Crippen molar-refractivity contribution in [3.63, 3.8) is 0 Å². The highest BCUT2D eigenvalue weighted by atomic mass is 32.2. The van der Waals surface area contributed by atoms with Gasteiger partial charge in [0.1, 0.15) is 5.54 Å². The Balaban J connectivity index is 0.000000429. The summed E-state index contributed by atoms with van der Waals surface area (Å²) in [5.74, 6) is -2.97. The van der Waals surface area contributed by atoms with E-state index in [4.69, 9.17) is 9.90 Å². The second-order valence-corrected chi connectivity index (χ2v) is 10.1. The first kappa shape index (κ1) is 26.2. The number of imide groups is 1. The van der Waals surface area contributed by atoms with Gasteiger partial charge in [0.15, 0.2) is 0 Å². The van der Waals surface area contributed by atoms with E-state index in [1.807, 2.05) is 47.8 Å². The van der Waals surface area contributed by atoms with Gasteiger partial charge in [0.25, 0.3) is 5.91 Å². The van der Waals surface area contributed by atoms with Gasteiger partial charge >= 0.3 is 18.2 Å². The highest BCUT2D eigenvalue weighted by Gasteiger charge is 2.51. The van der Waals surface area contributed by atoms with E-state index in [1.54, 1.807) is 54.2 Å². The number of aliphatic carboxylic acids is 1. The van der Waals surface area contributed by atoms with Crippen LogP contribution < -0.4 is 4.90 Å². The quantitative estimate of drug-likeness (QED) is 0.433. The molecule has 1 aliphatic heterocycles. The molecule has 7 nitrogen and oxygen atoms in total. The van der Waals surface area contributed by atoms with Crippen molar-refractivity contribution in [2.75, 3.05) is 4.90 Å². The Kier molecular flexibility index (Phi) is 7.86. The third-order valence-electron chi connectivity index (χ3n) is 4.96. The molecule has 1 fully saturated rings. The predicted molar refractivity (Wildman–Crippen MR) is 125 cm³/mol. The van der Waals surface area contributed by atoms with Crippen LogP contribution in [-0.2, 0) is 16.1 Å². The van der Waals surface area contributed by atoms with Crippen LogP contribution in [0.4, 0.5) is 23.7 Å². The van der Waals surface area contributed by atoms with Crippen molar-refractivity contribution in [1.29, 1.82) is 0 Å². The molecule has 12 heteroatoms. The Morgan fingerprint density at radius 3 is 2.20 bits per heavy atom. The van der Waals surface area contributed by atoms with Gasteiger partial charge in [-0.25, -0.2) is 14.5 Å². The van der Waals surface area contributed by atoms with E-state index in [0.29, 0.717) is 12.2 Å². The molecule has 0 radical (unpaired) electrons. The average molecular weight is 524 g/mol. The minimum Gasteiger partial charge on any atom is -0.475 e. The molecule has 35 heavy (non-hydrogen) atoms. The molecule has 1 N–H and O–H groups in total. The van der Waals surface area contributed by atoms with Crippen molar-refractivity contribution < 1.29 is 32.7 Å². The summed E-state index contributed by atoms with van der Waals surface area (Å²) < 4.78 is 32.9. The summed E-state index contributed by atoms with van der Waals surface area (Å²) in [5, 5.41) is 9.16. The molecular formula is C23H20F3N3O4S2. The van der Waals surface area contributed by atoms with Crippen molar-refractivity contribution in [1.82, 2.24) is 9.88 Å². The van der Waals surface area contributed by atoms with Crippen LogP contribution in [0.1, 0.15) is 19.4 Å². The maximum absolute atomic E-state index is 13.1. The SMILES string of the molecule is CC1(C)C(=O)N(c2ccc(Sc3cccs3)cc2)C(=O)N1Cc1ccncc1.O=C(O)C(F)(F)F. The van der Waals surface area contributed by atoms with Gasteiger partial charge in [0.2, 0.25) is 0 Å². The largest absolute Gasteiger partial charge is 0.490 e. The standard InChI is InChI=1S/C21H19N3O2S2.C2HF3O2/c1-21(2)19(25)24(20(26)23(21)14-15-9-11-22-12-10-15)16-5-7-17(8-6-16)28-18-4-3-13-27-18;3-2(4,5)1(6)7/h3-13H,14H2,1-2H3;(H,6,7). The van der Waals surface area contributed by atoms with Gasteiger partial charge in [-0.3, -0.25) is 9.78 Å². The van der Waals surface area contributed by atoms with E-state index in [0.717, 1.165) is 10.5 Å².